The van der Waals surface area contributed by atoms with Crippen molar-refractivity contribution in [2.45, 2.75) is 31.6 Å². The molecule has 0 saturated carbocycles. The predicted molar refractivity (Wildman–Crippen MR) is 93.6 cm³/mol. The van der Waals surface area contributed by atoms with E-state index in [2.05, 4.69) is 10.1 Å². The van der Waals surface area contributed by atoms with Gasteiger partial charge in [-0.1, -0.05) is 6.07 Å². The van der Waals surface area contributed by atoms with Crippen LogP contribution in [0.15, 0.2) is 29.3 Å². The number of fused-ring (bicyclic) bond motifs is 2. The predicted octanol–water partition coefficient (Wildman–Crippen LogP) is 1.27. The van der Waals surface area contributed by atoms with Crippen LogP contribution in [0.3, 0.4) is 0 Å². The number of benzene rings is 1. The molecule has 2 aliphatic heterocycles. The van der Waals surface area contributed by atoms with Crippen molar-refractivity contribution >= 4 is 10.9 Å². The van der Waals surface area contributed by atoms with Crippen LogP contribution in [-0.2, 0) is 29.5 Å². The van der Waals surface area contributed by atoms with Crippen molar-refractivity contribution in [2.75, 3.05) is 13.2 Å². The number of nitrogens with zero attached hydrogens (tertiary/aromatic N) is 5. The lowest BCUT2D eigenvalue weighted by atomic mass is 10.1. The third-order valence-corrected chi connectivity index (χ3v) is 5.26. The molecule has 0 bridgehead atoms. The first-order valence-electron chi connectivity index (χ1n) is 8.81. The molecule has 8 nitrogen and oxygen atoms in total. The molecular weight excluding hydrogens is 334 g/mol. The lowest BCUT2D eigenvalue weighted by Crippen LogP contribution is -2.31. The molecule has 3 aromatic rings. The molecule has 0 unspecified atom stereocenters. The lowest BCUT2D eigenvalue weighted by molar-refractivity contribution is -0.165. The molecule has 0 N–H and O–H groups in total. The molecule has 1 fully saturated rings. The molecule has 5 rings (SSSR count). The first-order chi connectivity index (χ1) is 12.7. The molecule has 8 heteroatoms. The fraction of sp³-hybridized carbons (Fsp3) is 0.444. The number of aromatic nitrogens is 5. The Labute approximate surface area is 149 Å². The molecule has 1 aromatic carbocycles. The number of hydrogen-bond acceptors (Lipinski definition) is 6. The molecule has 4 heterocycles. The van der Waals surface area contributed by atoms with Crippen molar-refractivity contribution in [2.24, 2.45) is 7.05 Å². The second-order valence-corrected chi connectivity index (χ2v) is 6.78. The van der Waals surface area contributed by atoms with Gasteiger partial charge in [0.2, 0.25) is 0 Å². The van der Waals surface area contributed by atoms with Crippen molar-refractivity contribution in [3.05, 3.63) is 40.7 Å². The molecule has 0 aliphatic carbocycles. The summed E-state index contributed by atoms with van der Waals surface area (Å²) in [6.07, 6.45) is 3.55. The monoisotopic (exact) mass is 353 g/mol. The minimum Gasteiger partial charge on any atom is -0.347 e. The number of rotatable bonds is 1. The average molecular weight is 353 g/mol. The second kappa shape index (κ2) is 5.72. The number of ether oxygens (including phenoxy) is 2. The van der Waals surface area contributed by atoms with E-state index in [0.29, 0.717) is 49.9 Å². The van der Waals surface area contributed by atoms with E-state index < -0.39 is 5.79 Å². The van der Waals surface area contributed by atoms with Gasteiger partial charge in [0.15, 0.2) is 11.6 Å². The quantitative estimate of drug-likeness (QED) is 0.655. The molecule has 134 valence electrons. The first-order valence-corrected chi connectivity index (χ1v) is 8.81. The maximum atomic E-state index is 13.0. The van der Waals surface area contributed by atoms with Crippen LogP contribution in [0.25, 0.3) is 22.3 Å². The summed E-state index contributed by atoms with van der Waals surface area (Å²) in [5.41, 5.74) is 1.57. The largest absolute Gasteiger partial charge is 0.347 e. The third kappa shape index (κ3) is 2.37. The summed E-state index contributed by atoms with van der Waals surface area (Å²) in [6, 6.07) is 5.62. The van der Waals surface area contributed by atoms with Gasteiger partial charge in [-0.05, 0) is 12.1 Å². The maximum Gasteiger partial charge on any atom is 0.261 e. The number of hydrogen-bond donors (Lipinski definition) is 0. The Morgan fingerprint density at radius 1 is 1.19 bits per heavy atom. The zero-order valence-corrected chi connectivity index (χ0v) is 14.5. The Balaban J connectivity index is 1.61. The SMILES string of the molecule is Cn1ncnc1-c1ccc2c(=O)n3c(nc2c1)CCC1(CC3)OCCO1. The Hall–Kier alpha value is -2.58. The van der Waals surface area contributed by atoms with E-state index in [1.807, 2.05) is 25.2 Å². The van der Waals surface area contributed by atoms with Crippen LogP contribution in [0.2, 0.25) is 0 Å². The van der Waals surface area contributed by atoms with Gasteiger partial charge in [0.1, 0.15) is 12.2 Å². The molecular formula is C18H19N5O3. The summed E-state index contributed by atoms with van der Waals surface area (Å²) in [6.45, 7) is 1.78. The summed E-state index contributed by atoms with van der Waals surface area (Å²) in [5.74, 6) is 0.972. The van der Waals surface area contributed by atoms with Gasteiger partial charge < -0.3 is 9.47 Å². The highest BCUT2D eigenvalue weighted by atomic mass is 16.7. The molecule has 0 radical (unpaired) electrons. The molecule has 2 aliphatic rings. The second-order valence-electron chi connectivity index (χ2n) is 6.78. The van der Waals surface area contributed by atoms with Crippen LogP contribution in [0.4, 0.5) is 0 Å². The van der Waals surface area contributed by atoms with Crippen LogP contribution >= 0.6 is 0 Å². The first kappa shape index (κ1) is 15.7. The Morgan fingerprint density at radius 3 is 2.81 bits per heavy atom. The van der Waals surface area contributed by atoms with Crippen LogP contribution in [-0.4, -0.2) is 43.3 Å². The van der Waals surface area contributed by atoms with E-state index >= 15 is 0 Å². The highest BCUT2D eigenvalue weighted by molar-refractivity contribution is 5.82. The molecule has 0 amide bonds. The molecule has 1 spiro atoms. The fourth-order valence-corrected chi connectivity index (χ4v) is 3.88. The molecule has 1 saturated heterocycles. The Bertz CT molecular complexity index is 1050. The lowest BCUT2D eigenvalue weighted by Gasteiger charge is -2.24. The highest BCUT2D eigenvalue weighted by Crippen LogP contribution is 2.32. The van der Waals surface area contributed by atoms with Crippen LogP contribution in [0.1, 0.15) is 18.7 Å². The molecule has 0 atom stereocenters. The highest BCUT2D eigenvalue weighted by Gasteiger charge is 2.38. The van der Waals surface area contributed by atoms with Crippen LogP contribution < -0.4 is 5.56 Å². The van der Waals surface area contributed by atoms with Gasteiger partial charge in [0.25, 0.3) is 5.56 Å². The van der Waals surface area contributed by atoms with E-state index in [-0.39, 0.29) is 5.56 Å². The van der Waals surface area contributed by atoms with Gasteiger partial charge in [0.05, 0.1) is 24.1 Å². The summed E-state index contributed by atoms with van der Waals surface area (Å²) in [5, 5.41) is 4.72. The molecule has 2 aromatic heterocycles. The summed E-state index contributed by atoms with van der Waals surface area (Å²) in [7, 11) is 1.84. The average Bonchev–Trinajstić information content (AvgIpc) is 3.24. The maximum absolute atomic E-state index is 13.0. The van der Waals surface area contributed by atoms with E-state index in [1.165, 1.54) is 6.33 Å². The van der Waals surface area contributed by atoms with Crippen molar-refractivity contribution in [3.8, 4) is 11.4 Å². The summed E-state index contributed by atoms with van der Waals surface area (Å²) in [4.78, 5) is 22.1. The zero-order valence-electron chi connectivity index (χ0n) is 14.5. The minimum atomic E-state index is -0.559. The molecule has 26 heavy (non-hydrogen) atoms. The standard InChI is InChI=1S/C18H19N5O3/c1-22-16(19-11-20-22)12-2-3-13-14(10-12)21-15-4-5-18(25-8-9-26-18)6-7-23(15)17(13)24/h2-3,10-11H,4-9H2,1H3. The normalized spacial score (nSPS) is 19.0. The third-order valence-electron chi connectivity index (χ3n) is 5.26. The van der Waals surface area contributed by atoms with Crippen molar-refractivity contribution in [1.29, 1.82) is 0 Å². The Kier molecular flexibility index (Phi) is 3.44. The van der Waals surface area contributed by atoms with Gasteiger partial charge in [-0.25, -0.2) is 14.6 Å². The van der Waals surface area contributed by atoms with E-state index in [4.69, 9.17) is 14.5 Å². The van der Waals surface area contributed by atoms with Gasteiger partial charge in [-0.2, -0.15) is 5.10 Å². The smallest absolute Gasteiger partial charge is 0.261 e. The van der Waals surface area contributed by atoms with E-state index in [9.17, 15) is 4.79 Å². The van der Waals surface area contributed by atoms with E-state index in [1.54, 1.807) is 9.25 Å². The van der Waals surface area contributed by atoms with Gasteiger partial charge in [-0.15, -0.1) is 0 Å². The topological polar surface area (TPSA) is 84.1 Å². The van der Waals surface area contributed by atoms with Gasteiger partial charge in [0, 0.05) is 38.4 Å². The summed E-state index contributed by atoms with van der Waals surface area (Å²) < 4.78 is 15.1. The minimum absolute atomic E-state index is 0.00966. The fourth-order valence-electron chi connectivity index (χ4n) is 3.88. The van der Waals surface area contributed by atoms with Crippen LogP contribution in [0, 0.1) is 0 Å². The summed E-state index contributed by atoms with van der Waals surface area (Å²) >= 11 is 0. The van der Waals surface area contributed by atoms with Gasteiger partial charge >= 0.3 is 0 Å². The Morgan fingerprint density at radius 2 is 2.04 bits per heavy atom. The van der Waals surface area contributed by atoms with Crippen LogP contribution in [0.5, 0.6) is 0 Å². The van der Waals surface area contributed by atoms with Crippen molar-refractivity contribution < 1.29 is 9.47 Å². The van der Waals surface area contributed by atoms with Crippen molar-refractivity contribution in [3.63, 3.8) is 0 Å². The van der Waals surface area contributed by atoms with Crippen molar-refractivity contribution in [1.82, 2.24) is 24.3 Å². The zero-order chi connectivity index (χ0) is 17.7. The van der Waals surface area contributed by atoms with Gasteiger partial charge in [-0.3, -0.25) is 9.36 Å². The number of aryl methyl sites for hydroxylation is 2. The van der Waals surface area contributed by atoms with E-state index in [0.717, 1.165) is 17.2 Å².